The van der Waals surface area contributed by atoms with Crippen molar-refractivity contribution in [3.8, 4) is 0 Å². The van der Waals surface area contributed by atoms with Gasteiger partial charge in [-0.05, 0) is 126 Å². The van der Waals surface area contributed by atoms with Gasteiger partial charge in [0.15, 0.2) is 5.78 Å². The average molecular weight is 1090 g/mol. The molecule has 21 nitrogen and oxygen atoms in total. The van der Waals surface area contributed by atoms with E-state index in [0.717, 1.165) is 10.5 Å². The number of fused-ring (bicyclic) bond motifs is 3. The van der Waals surface area contributed by atoms with Crippen molar-refractivity contribution in [3.05, 3.63) is 81.8 Å². The lowest BCUT2D eigenvalue weighted by molar-refractivity contribution is -0.265. The van der Waals surface area contributed by atoms with E-state index in [1.807, 2.05) is 44.2 Å². The monoisotopic (exact) mass is 1090 g/mol. The highest BCUT2D eigenvalue weighted by Gasteiger charge is 2.53. The minimum absolute atomic E-state index is 0.0131. The van der Waals surface area contributed by atoms with Crippen molar-refractivity contribution in [1.82, 2.24) is 20.2 Å². The Hall–Kier alpha value is -5.38. The fourth-order valence-corrected chi connectivity index (χ4v) is 11.2. The smallest absolute Gasteiger partial charge is 0.407 e. The van der Waals surface area contributed by atoms with E-state index >= 15 is 0 Å². The van der Waals surface area contributed by atoms with Crippen molar-refractivity contribution in [1.29, 1.82) is 0 Å². The number of carbonyl (C=O) groups excluding carboxylic acids is 5. The van der Waals surface area contributed by atoms with E-state index < -0.39 is 108 Å². The van der Waals surface area contributed by atoms with Gasteiger partial charge in [-0.25, -0.2) is 19.6 Å². The number of esters is 1. The van der Waals surface area contributed by atoms with Gasteiger partial charge in [0.05, 0.1) is 18.3 Å². The molecule has 1 aromatic heterocycles. The molecule has 1 unspecified atom stereocenters. The van der Waals surface area contributed by atoms with E-state index in [1.54, 1.807) is 60.2 Å². The van der Waals surface area contributed by atoms with Crippen molar-refractivity contribution in [2.45, 2.75) is 199 Å². The molecule has 0 radical (unpaired) electrons. The zero-order valence-electron chi connectivity index (χ0n) is 47.3. The van der Waals surface area contributed by atoms with Crippen LogP contribution in [0.2, 0.25) is 0 Å². The van der Waals surface area contributed by atoms with Crippen LogP contribution >= 0.6 is 0 Å². The molecular formula is C57H86N8O13. The van der Waals surface area contributed by atoms with Gasteiger partial charge in [-0.1, -0.05) is 69.3 Å². The molecule has 78 heavy (non-hydrogen) atoms. The highest BCUT2D eigenvalue weighted by molar-refractivity contribution is 6.39. The van der Waals surface area contributed by atoms with Gasteiger partial charge in [0.25, 0.3) is 11.7 Å². The molecule has 1 saturated carbocycles. The van der Waals surface area contributed by atoms with Crippen LogP contribution < -0.4 is 11.1 Å². The molecule has 5 N–H and O–H groups in total. The largest absolute Gasteiger partial charge is 0.459 e. The summed E-state index contributed by atoms with van der Waals surface area (Å²) in [4.78, 5) is 83.0. The number of nitrogens with two attached hydrogens (primary N) is 1. The van der Waals surface area contributed by atoms with Gasteiger partial charge in [0.2, 0.25) is 5.79 Å². The number of hydrogen-bond donors (Lipinski definition) is 4. The van der Waals surface area contributed by atoms with Crippen LogP contribution in [0.5, 0.6) is 0 Å². The van der Waals surface area contributed by atoms with E-state index in [0.29, 0.717) is 74.7 Å². The molecule has 4 heterocycles. The van der Waals surface area contributed by atoms with E-state index in [2.05, 4.69) is 25.3 Å². The van der Waals surface area contributed by atoms with Gasteiger partial charge in [-0.2, -0.15) is 0 Å². The van der Waals surface area contributed by atoms with Gasteiger partial charge in [-0.3, -0.25) is 14.4 Å². The van der Waals surface area contributed by atoms with Crippen LogP contribution in [-0.2, 0) is 54.1 Å². The topological polar surface area (TPSA) is 297 Å². The minimum Gasteiger partial charge on any atom is -0.459 e. The van der Waals surface area contributed by atoms with E-state index in [1.165, 1.54) is 14.2 Å². The SMILES string of the molecule is CO[C@H]1C[C@@H]2CC[C@@H](C)[C@@](O)(O2)C(=O)C(=O)N2CCCC[C@H]2C(=O)O[C@H]([C@H](N)C[C@@H]2CC[C@@H](OC(=O)NCc3cnc(C)nc3)[C@H](OC)C2)CC(N=[N+]=[N-])[C@H](C)/C=C(\C)[C@@H](O)[C@@H](OC)C(=O)[C@H](C)C[C@H](C)/C=C/C=C/C=C/1C. The Labute approximate surface area is 459 Å². The van der Waals surface area contributed by atoms with E-state index in [-0.39, 0.29) is 50.0 Å². The highest BCUT2D eigenvalue weighted by Crippen LogP contribution is 2.38. The summed E-state index contributed by atoms with van der Waals surface area (Å²) in [6.07, 6.45) is 12.4. The number of amides is 2. The maximum absolute atomic E-state index is 14.7. The summed E-state index contributed by atoms with van der Waals surface area (Å²) in [5.74, 6) is -7.20. The molecular weight excluding hydrogens is 1000 g/mol. The molecule has 0 spiro atoms. The Morgan fingerprint density at radius 2 is 1.65 bits per heavy atom. The van der Waals surface area contributed by atoms with Crippen LogP contribution in [0.1, 0.15) is 130 Å². The number of aromatic nitrogens is 2. The Kier molecular flexibility index (Phi) is 24.6. The molecule has 21 heteroatoms. The predicted molar refractivity (Wildman–Crippen MR) is 290 cm³/mol. The lowest BCUT2D eigenvalue weighted by Crippen LogP contribution is -2.61. The van der Waals surface area contributed by atoms with Crippen LogP contribution in [0.3, 0.4) is 0 Å². The number of hydrogen-bond acceptors (Lipinski definition) is 17. The third-order valence-electron chi connectivity index (χ3n) is 16.1. The molecule has 3 aliphatic heterocycles. The zero-order chi connectivity index (χ0) is 57.3. The van der Waals surface area contributed by atoms with Crippen LogP contribution in [-0.4, -0.2) is 149 Å². The molecule has 5 rings (SSSR count). The van der Waals surface area contributed by atoms with Crippen LogP contribution in [0, 0.1) is 36.5 Å². The summed E-state index contributed by atoms with van der Waals surface area (Å²) < 4.78 is 35.7. The quantitative estimate of drug-likeness (QED) is 0.0457. The van der Waals surface area contributed by atoms with Gasteiger partial charge in [0.1, 0.15) is 36.3 Å². The molecule has 2 bridgehead atoms. The number of aliphatic hydroxyl groups is 2. The summed E-state index contributed by atoms with van der Waals surface area (Å²) in [6.45, 7) is 12.8. The molecule has 4 aliphatic rings. The van der Waals surface area contributed by atoms with Crippen LogP contribution in [0.25, 0.3) is 10.4 Å². The number of methoxy groups -OCH3 is 3. The number of ether oxygens (including phenoxy) is 6. The summed E-state index contributed by atoms with van der Waals surface area (Å²) in [5.41, 5.74) is 19.0. The fourth-order valence-electron chi connectivity index (χ4n) is 11.2. The number of carbonyl (C=O) groups is 5. The van der Waals surface area contributed by atoms with E-state index in [4.69, 9.17) is 34.2 Å². The highest BCUT2D eigenvalue weighted by atomic mass is 16.6. The number of nitrogens with zero attached hydrogens (tertiary/aromatic N) is 6. The molecule has 432 valence electrons. The van der Waals surface area contributed by atoms with Gasteiger partial charge in [0, 0.05) is 87.6 Å². The molecule has 1 aliphatic carbocycles. The number of Topliss-reactive ketones (excluding diaryl/α,β-unsaturated/α-hetero) is 2. The first kappa shape index (κ1) is 63.5. The maximum Gasteiger partial charge on any atom is 0.407 e. The van der Waals surface area contributed by atoms with Crippen LogP contribution in [0.15, 0.2) is 65.1 Å². The first-order chi connectivity index (χ1) is 37.1. The summed E-state index contributed by atoms with van der Waals surface area (Å²) in [5, 5.41) is 30.6. The van der Waals surface area contributed by atoms with Gasteiger partial charge < -0.3 is 54.6 Å². The van der Waals surface area contributed by atoms with Crippen LogP contribution in [0.4, 0.5) is 4.79 Å². The predicted octanol–water partition coefficient (Wildman–Crippen LogP) is 7.01. The van der Waals surface area contributed by atoms with Crippen molar-refractivity contribution < 1.29 is 62.6 Å². The minimum atomic E-state index is -2.48. The summed E-state index contributed by atoms with van der Waals surface area (Å²) in [6, 6.07) is -3.02. The molecule has 2 saturated heterocycles. The normalized spacial score (nSPS) is 36.2. The first-order valence-corrected chi connectivity index (χ1v) is 27.6. The molecule has 0 aromatic carbocycles. The Morgan fingerprint density at radius 1 is 0.923 bits per heavy atom. The van der Waals surface area contributed by atoms with Gasteiger partial charge in [-0.15, -0.1) is 0 Å². The Balaban J connectivity index is 1.45. The number of piperidine rings is 1. The van der Waals surface area contributed by atoms with Crippen molar-refractivity contribution in [2.75, 3.05) is 27.9 Å². The number of nitrogens with one attached hydrogen (secondary N) is 1. The number of allylic oxidation sites excluding steroid dienone is 5. The molecule has 16 atom stereocenters. The van der Waals surface area contributed by atoms with Crippen molar-refractivity contribution in [2.24, 2.45) is 40.4 Å². The lowest BCUT2D eigenvalue weighted by atomic mass is 9.80. The molecule has 1 aromatic rings. The first-order valence-electron chi connectivity index (χ1n) is 27.6. The number of ketones is 2. The second kappa shape index (κ2) is 30.3. The second-order valence-electron chi connectivity index (χ2n) is 22.1. The van der Waals surface area contributed by atoms with Crippen molar-refractivity contribution >= 4 is 29.5 Å². The zero-order valence-corrected chi connectivity index (χ0v) is 47.3. The maximum atomic E-state index is 14.7. The lowest BCUT2D eigenvalue weighted by Gasteiger charge is -2.43. The molecule has 2 amide bonds. The second-order valence-corrected chi connectivity index (χ2v) is 22.1. The number of aliphatic hydroxyl groups excluding tert-OH is 1. The van der Waals surface area contributed by atoms with Crippen molar-refractivity contribution in [3.63, 3.8) is 0 Å². The summed E-state index contributed by atoms with van der Waals surface area (Å²) in [7, 11) is 4.47. The third-order valence-corrected chi connectivity index (χ3v) is 16.1. The fraction of sp³-hybridized carbons (Fsp3) is 0.702. The van der Waals surface area contributed by atoms with Gasteiger partial charge >= 0.3 is 12.1 Å². The number of cyclic esters (lactones) is 1. The number of aryl methyl sites for hydroxylation is 1. The third kappa shape index (κ3) is 17.3. The standard InChI is InChI=1S/C57H86N8O13/c1-33-16-12-11-13-17-34(2)47(73-8)28-42-21-19-38(6)57(72,78-42)53(68)54(69)65-23-15-14-18-45(65)55(70)76-48(29-44(63-64-59)35(3)25-37(5)51(67)52(75-10)50(66)36(4)24-33)43(58)26-40-20-22-46(49(27-40)74-9)77-56(71)62-32-41-30-60-39(7)61-31-41/h11-13,16-17,25,30-31,33,35-36,38,40,42-49,51-52,67,72H,14-15,18-24,26-29,32,58H2,1-10H3,(H,62,71)/b13-11+,16-12+,34-17+,37-25+/t33-,35-,36-,38-,40+,42+,43-,44?,45+,46-,47+,48+,49-,51-,52+,57-/m1/s1. The number of rotatable bonds is 10. The van der Waals surface area contributed by atoms with E-state index in [9.17, 15) is 39.7 Å². The Bertz CT molecular complexity index is 2360. The number of azide groups is 1. The summed E-state index contributed by atoms with van der Waals surface area (Å²) >= 11 is 0. The molecule has 3 fully saturated rings. The number of alkyl carbamates (subject to hydrolysis) is 1. The Morgan fingerprint density at radius 3 is 2.33 bits per heavy atom. The average Bonchev–Trinajstić information content (AvgIpc) is 3.44.